The number of carbonyl (C=O) groups is 1. The Kier molecular flexibility index (Phi) is 3.76. The molecule has 2 atom stereocenters. The van der Waals surface area contributed by atoms with Gasteiger partial charge in [-0.3, -0.25) is 4.79 Å². The van der Waals surface area contributed by atoms with Crippen molar-refractivity contribution < 1.29 is 20.1 Å². The third-order valence-corrected chi connectivity index (χ3v) is 3.00. The first-order chi connectivity index (χ1) is 8.67. The van der Waals surface area contributed by atoms with E-state index in [0.29, 0.717) is 11.1 Å². The monoisotopic (exact) mass is 249 g/mol. The second-order valence-corrected chi connectivity index (χ2v) is 4.19. The second-order valence-electron chi connectivity index (χ2n) is 4.19. The number of carbonyl (C=O) groups excluding carboxylic acids is 1. The Morgan fingerprint density at radius 1 is 1.33 bits per heavy atom. The first-order valence-corrected chi connectivity index (χ1v) is 5.70. The van der Waals surface area contributed by atoms with Crippen LogP contribution < -0.4 is 0 Å². The molecule has 1 aromatic carbocycles. The average Bonchev–Trinajstić information content (AvgIpc) is 2.80. The number of nitrogens with one attached hydrogen (secondary N) is 1. The molecule has 2 unspecified atom stereocenters. The van der Waals surface area contributed by atoms with E-state index in [9.17, 15) is 15.0 Å². The summed E-state index contributed by atoms with van der Waals surface area (Å²) in [5.74, 6) is 0. The third-order valence-electron chi connectivity index (χ3n) is 3.00. The standard InChI is InChI=1S/C13H15NO4/c15-4-3-12(17)13(18)8-1-2-10-9(7-16)6-14-11(10)5-8/h1-2,5-7,12-15,17-18H,3-4H2. The minimum atomic E-state index is -1.05. The Balaban J connectivity index is 2.32. The highest BCUT2D eigenvalue weighted by molar-refractivity contribution is 5.97. The number of H-pyrrole nitrogens is 1. The van der Waals surface area contributed by atoms with Crippen LogP contribution in [0.4, 0.5) is 0 Å². The Morgan fingerprint density at radius 2 is 2.11 bits per heavy atom. The van der Waals surface area contributed by atoms with E-state index >= 15 is 0 Å². The van der Waals surface area contributed by atoms with Gasteiger partial charge in [0, 0.05) is 29.3 Å². The van der Waals surface area contributed by atoms with Gasteiger partial charge in [-0.05, 0) is 18.1 Å². The fraction of sp³-hybridized carbons (Fsp3) is 0.308. The fourth-order valence-electron chi connectivity index (χ4n) is 1.96. The summed E-state index contributed by atoms with van der Waals surface area (Å²) in [6.07, 6.45) is 0.411. The van der Waals surface area contributed by atoms with Crippen LogP contribution in [0.15, 0.2) is 24.4 Å². The number of aliphatic hydroxyl groups excluding tert-OH is 3. The van der Waals surface area contributed by atoms with Gasteiger partial charge in [0.15, 0.2) is 6.29 Å². The van der Waals surface area contributed by atoms with Crippen LogP contribution in [-0.4, -0.2) is 39.3 Å². The van der Waals surface area contributed by atoms with Gasteiger partial charge in [-0.15, -0.1) is 0 Å². The van der Waals surface area contributed by atoms with Crippen LogP contribution in [0.5, 0.6) is 0 Å². The van der Waals surface area contributed by atoms with Crippen LogP contribution in [0.2, 0.25) is 0 Å². The smallest absolute Gasteiger partial charge is 0.152 e. The number of hydrogen-bond donors (Lipinski definition) is 4. The molecule has 0 fully saturated rings. The van der Waals surface area contributed by atoms with E-state index in [0.717, 1.165) is 17.2 Å². The normalized spacial score (nSPS) is 14.6. The lowest BCUT2D eigenvalue weighted by atomic mass is 10.0. The van der Waals surface area contributed by atoms with Crippen molar-refractivity contribution >= 4 is 17.2 Å². The summed E-state index contributed by atoms with van der Waals surface area (Å²) < 4.78 is 0. The van der Waals surface area contributed by atoms with Crippen LogP contribution in [-0.2, 0) is 0 Å². The number of hydrogen-bond acceptors (Lipinski definition) is 4. The zero-order chi connectivity index (χ0) is 13.1. The first kappa shape index (κ1) is 12.8. The Labute approximate surface area is 104 Å². The first-order valence-electron chi connectivity index (χ1n) is 5.70. The van der Waals surface area contributed by atoms with E-state index in [1.807, 2.05) is 0 Å². The van der Waals surface area contributed by atoms with Crippen LogP contribution >= 0.6 is 0 Å². The van der Waals surface area contributed by atoms with Crippen molar-refractivity contribution in [1.82, 2.24) is 4.98 Å². The molecule has 0 aliphatic rings. The van der Waals surface area contributed by atoms with Gasteiger partial charge in [0.1, 0.15) is 6.10 Å². The maximum atomic E-state index is 10.8. The predicted octanol–water partition coefficient (Wildman–Crippen LogP) is 0.757. The zero-order valence-corrected chi connectivity index (χ0v) is 9.71. The van der Waals surface area contributed by atoms with Gasteiger partial charge in [0.25, 0.3) is 0 Å². The van der Waals surface area contributed by atoms with Gasteiger partial charge < -0.3 is 20.3 Å². The molecule has 4 N–H and O–H groups in total. The van der Waals surface area contributed by atoms with Crippen LogP contribution in [0, 0.1) is 0 Å². The molecule has 0 spiro atoms. The van der Waals surface area contributed by atoms with Gasteiger partial charge in [-0.25, -0.2) is 0 Å². The molecule has 2 rings (SSSR count). The number of fused-ring (bicyclic) bond motifs is 1. The summed E-state index contributed by atoms with van der Waals surface area (Å²) in [5.41, 5.74) is 1.83. The van der Waals surface area contributed by atoms with E-state index in [1.165, 1.54) is 0 Å². The van der Waals surface area contributed by atoms with Gasteiger partial charge in [0.05, 0.1) is 6.10 Å². The molecule has 2 aromatic rings. The molecule has 0 saturated heterocycles. The topological polar surface area (TPSA) is 93.6 Å². The molecule has 18 heavy (non-hydrogen) atoms. The van der Waals surface area contributed by atoms with Crippen molar-refractivity contribution in [2.24, 2.45) is 0 Å². The second kappa shape index (κ2) is 5.30. The molecule has 0 aliphatic heterocycles. The number of aliphatic hydroxyl groups is 3. The number of benzene rings is 1. The maximum Gasteiger partial charge on any atom is 0.152 e. The fourth-order valence-corrected chi connectivity index (χ4v) is 1.96. The lowest BCUT2D eigenvalue weighted by Gasteiger charge is -2.17. The molecule has 0 radical (unpaired) electrons. The summed E-state index contributed by atoms with van der Waals surface area (Å²) in [6, 6.07) is 5.07. The van der Waals surface area contributed by atoms with Gasteiger partial charge in [-0.1, -0.05) is 12.1 Å². The molecule has 1 aromatic heterocycles. The lowest BCUT2D eigenvalue weighted by molar-refractivity contribution is 0.00428. The highest BCUT2D eigenvalue weighted by Crippen LogP contribution is 2.24. The van der Waals surface area contributed by atoms with E-state index < -0.39 is 12.2 Å². The summed E-state index contributed by atoms with van der Waals surface area (Å²) in [4.78, 5) is 13.7. The van der Waals surface area contributed by atoms with E-state index in [-0.39, 0.29) is 13.0 Å². The van der Waals surface area contributed by atoms with Crippen molar-refractivity contribution in [2.45, 2.75) is 18.6 Å². The highest BCUT2D eigenvalue weighted by Gasteiger charge is 2.18. The maximum absolute atomic E-state index is 10.8. The lowest BCUT2D eigenvalue weighted by Crippen LogP contribution is -2.19. The largest absolute Gasteiger partial charge is 0.396 e. The third kappa shape index (κ3) is 2.28. The minimum Gasteiger partial charge on any atom is -0.396 e. The van der Waals surface area contributed by atoms with Crippen molar-refractivity contribution in [1.29, 1.82) is 0 Å². The van der Waals surface area contributed by atoms with Crippen molar-refractivity contribution in [3.8, 4) is 0 Å². The van der Waals surface area contributed by atoms with Gasteiger partial charge in [0.2, 0.25) is 0 Å². The van der Waals surface area contributed by atoms with Crippen LogP contribution in [0.25, 0.3) is 10.9 Å². The molecule has 96 valence electrons. The average molecular weight is 249 g/mol. The molecular formula is C13H15NO4. The summed E-state index contributed by atoms with van der Waals surface area (Å²) >= 11 is 0. The minimum absolute atomic E-state index is 0.115. The predicted molar refractivity (Wildman–Crippen MR) is 66.4 cm³/mol. The molecular weight excluding hydrogens is 234 g/mol. The summed E-state index contributed by atoms with van der Waals surface area (Å²) in [5, 5.41) is 29.0. The van der Waals surface area contributed by atoms with Gasteiger partial charge in [-0.2, -0.15) is 0 Å². The van der Waals surface area contributed by atoms with Gasteiger partial charge >= 0.3 is 0 Å². The molecule has 1 heterocycles. The van der Waals surface area contributed by atoms with E-state index in [4.69, 9.17) is 5.11 Å². The number of rotatable bonds is 5. The van der Waals surface area contributed by atoms with E-state index in [1.54, 1.807) is 24.4 Å². The number of aromatic nitrogens is 1. The Morgan fingerprint density at radius 3 is 2.78 bits per heavy atom. The molecule has 0 aliphatic carbocycles. The Hall–Kier alpha value is -1.69. The van der Waals surface area contributed by atoms with Crippen molar-refractivity contribution in [3.05, 3.63) is 35.5 Å². The van der Waals surface area contributed by atoms with Crippen LogP contribution in [0.1, 0.15) is 28.4 Å². The summed E-state index contributed by atoms with van der Waals surface area (Å²) in [6.45, 7) is -0.182. The molecule has 5 heteroatoms. The number of aromatic amines is 1. The SMILES string of the molecule is O=Cc1c[nH]c2cc(C(O)C(O)CCO)ccc12. The molecule has 5 nitrogen and oxygen atoms in total. The highest BCUT2D eigenvalue weighted by atomic mass is 16.3. The summed E-state index contributed by atoms with van der Waals surface area (Å²) in [7, 11) is 0. The molecule has 0 saturated carbocycles. The molecule has 0 bridgehead atoms. The van der Waals surface area contributed by atoms with Crippen LogP contribution in [0.3, 0.4) is 0 Å². The molecule has 0 amide bonds. The number of aldehydes is 1. The van der Waals surface area contributed by atoms with Crippen molar-refractivity contribution in [3.63, 3.8) is 0 Å². The Bertz CT molecular complexity index is 549. The quantitative estimate of drug-likeness (QED) is 0.588. The zero-order valence-electron chi connectivity index (χ0n) is 9.71. The van der Waals surface area contributed by atoms with E-state index in [2.05, 4.69) is 4.98 Å². The van der Waals surface area contributed by atoms with Crippen molar-refractivity contribution in [2.75, 3.05) is 6.61 Å².